The van der Waals surface area contributed by atoms with Crippen molar-refractivity contribution in [3.8, 4) is 0 Å². The Balaban J connectivity index is 1.62. The van der Waals surface area contributed by atoms with Gasteiger partial charge in [0.05, 0.1) is 19.2 Å². The van der Waals surface area contributed by atoms with Crippen molar-refractivity contribution in [2.24, 2.45) is 0 Å². The van der Waals surface area contributed by atoms with Gasteiger partial charge in [-0.05, 0) is 29.7 Å². The predicted molar refractivity (Wildman–Crippen MR) is 84.3 cm³/mol. The third-order valence-corrected chi connectivity index (χ3v) is 4.43. The van der Waals surface area contributed by atoms with Gasteiger partial charge in [-0.1, -0.05) is 24.3 Å². The minimum Gasteiger partial charge on any atom is -0.439 e. The molecule has 1 atom stereocenters. The molecule has 4 nitrogen and oxygen atoms in total. The van der Waals surface area contributed by atoms with E-state index in [0.717, 1.165) is 18.5 Å². The Kier molecular flexibility index (Phi) is 3.59. The van der Waals surface area contributed by atoms with Gasteiger partial charge in [-0.15, -0.1) is 0 Å². The zero-order valence-corrected chi connectivity index (χ0v) is 12.6. The van der Waals surface area contributed by atoms with Gasteiger partial charge in [0.1, 0.15) is 11.3 Å². The van der Waals surface area contributed by atoms with Crippen LogP contribution in [0.25, 0.3) is 11.1 Å². The van der Waals surface area contributed by atoms with Gasteiger partial charge < -0.3 is 9.52 Å². The molecule has 0 saturated heterocycles. The number of nitrogens with zero attached hydrogens (tertiary/aromatic N) is 2. The topological polar surface area (TPSA) is 49.5 Å². The molecule has 1 N–H and O–H groups in total. The zero-order valence-electron chi connectivity index (χ0n) is 12.6. The maximum Gasteiger partial charge on any atom is 0.209 e. The van der Waals surface area contributed by atoms with Crippen LogP contribution < -0.4 is 0 Å². The fraction of sp³-hybridized carbons (Fsp3) is 0.278. The minimum atomic E-state index is -0.333. The van der Waals surface area contributed by atoms with E-state index in [0.29, 0.717) is 23.5 Å². The molecule has 5 heteroatoms. The molecule has 4 rings (SSSR count). The SMILES string of the molecule is OCC1c2ccccc2CCN1Cc1nc2ccc(F)cc2o1. The Morgan fingerprint density at radius 2 is 2.13 bits per heavy atom. The van der Waals surface area contributed by atoms with Crippen molar-refractivity contribution >= 4 is 11.1 Å². The highest BCUT2D eigenvalue weighted by atomic mass is 19.1. The lowest BCUT2D eigenvalue weighted by molar-refractivity contribution is 0.100. The van der Waals surface area contributed by atoms with Gasteiger partial charge in [0.25, 0.3) is 0 Å². The first kappa shape index (κ1) is 14.4. The highest BCUT2D eigenvalue weighted by molar-refractivity contribution is 5.72. The van der Waals surface area contributed by atoms with Gasteiger partial charge in [-0.2, -0.15) is 0 Å². The van der Waals surface area contributed by atoms with E-state index in [1.54, 1.807) is 6.07 Å². The molecule has 0 spiro atoms. The summed E-state index contributed by atoms with van der Waals surface area (Å²) in [6.07, 6.45) is 0.932. The maximum absolute atomic E-state index is 13.3. The summed E-state index contributed by atoms with van der Waals surface area (Å²) in [7, 11) is 0. The molecule has 0 radical (unpaired) electrons. The van der Waals surface area contributed by atoms with Crippen molar-refractivity contribution in [3.05, 3.63) is 65.3 Å². The fourth-order valence-corrected chi connectivity index (χ4v) is 3.29. The Bertz CT molecular complexity index is 846. The van der Waals surface area contributed by atoms with Crippen LogP contribution in [0, 0.1) is 5.82 Å². The minimum absolute atomic E-state index is 0.0475. The summed E-state index contributed by atoms with van der Waals surface area (Å²) < 4.78 is 18.9. The van der Waals surface area contributed by atoms with E-state index in [2.05, 4.69) is 22.0 Å². The van der Waals surface area contributed by atoms with Crippen LogP contribution in [-0.2, 0) is 13.0 Å². The quantitative estimate of drug-likeness (QED) is 0.807. The summed E-state index contributed by atoms with van der Waals surface area (Å²) in [5.74, 6) is 0.212. The second kappa shape index (κ2) is 5.76. The first-order valence-corrected chi connectivity index (χ1v) is 7.72. The fourth-order valence-electron chi connectivity index (χ4n) is 3.29. The Hall–Kier alpha value is -2.24. The summed E-state index contributed by atoms with van der Waals surface area (Å²) in [4.78, 5) is 6.57. The number of halogens is 1. The molecule has 0 saturated carbocycles. The number of oxazole rings is 1. The van der Waals surface area contributed by atoms with Crippen molar-refractivity contribution in [3.63, 3.8) is 0 Å². The molecule has 0 bridgehead atoms. The average Bonchev–Trinajstić information content (AvgIpc) is 2.96. The zero-order chi connectivity index (χ0) is 15.8. The summed E-state index contributed by atoms with van der Waals surface area (Å²) in [6, 6.07) is 12.5. The van der Waals surface area contributed by atoms with Crippen LogP contribution in [0.2, 0.25) is 0 Å². The van der Waals surface area contributed by atoms with Gasteiger partial charge in [-0.3, -0.25) is 4.90 Å². The Morgan fingerprint density at radius 3 is 3.00 bits per heavy atom. The van der Waals surface area contributed by atoms with Crippen LogP contribution >= 0.6 is 0 Å². The summed E-state index contributed by atoms with van der Waals surface area (Å²) >= 11 is 0. The molecule has 0 fully saturated rings. The number of hydrogen-bond acceptors (Lipinski definition) is 4. The van der Waals surface area contributed by atoms with Crippen molar-refractivity contribution in [1.29, 1.82) is 0 Å². The highest BCUT2D eigenvalue weighted by Crippen LogP contribution is 2.30. The molecule has 1 unspecified atom stereocenters. The number of hydrogen-bond donors (Lipinski definition) is 1. The Labute approximate surface area is 133 Å². The molecule has 3 aromatic rings. The molecule has 1 aromatic heterocycles. The monoisotopic (exact) mass is 312 g/mol. The lowest BCUT2D eigenvalue weighted by Gasteiger charge is -2.35. The van der Waals surface area contributed by atoms with Crippen molar-refractivity contribution in [2.75, 3.05) is 13.2 Å². The van der Waals surface area contributed by atoms with Crippen LogP contribution in [0.4, 0.5) is 4.39 Å². The number of rotatable bonds is 3. The smallest absolute Gasteiger partial charge is 0.209 e. The van der Waals surface area contributed by atoms with Gasteiger partial charge in [0.2, 0.25) is 5.89 Å². The van der Waals surface area contributed by atoms with Gasteiger partial charge in [0, 0.05) is 12.6 Å². The van der Waals surface area contributed by atoms with Crippen LogP contribution in [0.3, 0.4) is 0 Å². The number of fused-ring (bicyclic) bond motifs is 2. The van der Waals surface area contributed by atoms with E-state index in [1.807, 2.05) is 12.1 Å². The second-order valence-electron chi connectivity index (χ2n) is 5.84. The molecule has 1 aliphatic rings. The first-order chi connectivity index (χ1) is 11.2. The predicted octanol–water partition coefficient (Wildman–Crippen LogP) is 3.06. The van der Waals surface area contributed by atoms with E-state index < -0.39 is 0 Å². The molecule has 1 aliphatic heterocycles. The number of aliphatic hydroxyl groups excluding tert-OH is 1. The summed E-state index contributed by atoms with van der Waals surface area (Å²) in [6.45, 7) is 1.37. The molecule has 0 amide bonds. The maximum atomic E-state index is 13.3. The molecule has 2 aromatic carbocycles. The standard InChI is InChI=1S/C18H17FN2O2/c19-13-5-6-15-17(9-13)23-18(20-15)10-21-8-7-12-3-1-2-4-14(12)16(21)11-22/h1-6,9,16,22H,7-8,10-11H2. The van der Waals surface area contributed by atoms with E-state index in [1.165, 1.54) is 17.7 Å². The molecule has 118 valence electrons. The van der Waals surface area contributed by atoms with E-state index in [4.69, 9.17) is 4.42 Å². The van der Waals surface area contributed by atoms with Crippen LogP contribution in [0.1, 0.15) is 23.1 Å². The van der Waals surface area contributed by atoms with E-state index in [-0.39, 0.29) is 18.5 Å². The lowest BCUT2D eigenvalue weighted by Crippen LogP contribution is -2.36. The first-order valence-electron chi connectivity index (χ1n) is 7.72. The average molecular weight is 312 g/mol. The number of aliphatic hydroxyl groups is 1. The van der Waals surface area contributed by atoms with Crippen molar-refractivity contribution in [2.45, 2.75) is 19.0 Å². The highest BCUT2D eigenvalue weighted by Gasteiger charge is 2.27. The summed E-state index contributed by atoms with van der Waals surface area (Å²) in [5, 5.41) is 9.82. The van der Waals surface area contributed by atoms with Crippen LogP contribution in [0.15, 0.2) is 46.9 Å². The molecule has 2 heterocycles. The summed E-state index contributed by atoms with van der Waals surface area (Å²) in [5.41, 5.74) is 3.54. The largest absolute Gasteiger partial charge is 0.439 e. The van der Waals surface area contributed by atoms with E-state index in [9.17, 15) is 9.50 Å². The van der Waals surface area contributed by atoms with Gasteiger partial charge in [-0.25, -0.2) is 9.37 Å². The van der Waals surface area contributed by atoms with Crippen molar-refractivity contribution < 1.29 is 13.9 Å². The van der Waals surface area contributed by atoms with Gasteiger partial charge in [0.15, 0.2) is 5.58 Å². The second-order valence-corrected chi connectivity index (χ2v) is 5.84. The number of aromatic nitrogens is 1. The molecular formula is C18H17FN2O2. The van der Waals surface area contributed by atoms with Crippen molar-refractivity contribution in [1.82, 2.24) is 9.88 Å². The van der Waals surface area contributed by atoms with Gasteiger partial charge >= 0.3 is 0 Å². The van der Waals surface area contributed by atoms with Crippen LogP contribution in [-0.4, -0.2) is 28.1 Å². The number of benzene rings is 2. The normalized spacial score (nSPS) is 18.3. The molecule has 0 aliphatic carbocycles. The molecular weight excluding hydrogens is 295 g/mol. The van der Waals surface area contributed by atoms with Crippen LogP contribution in [0.5, 0.6) is 0 Å². The third-order valence-electron chi connectivity index (χ3n) is 4.43. The third kappa shape index (κ3) is 2.62. The van der Waals surface area contributed by atoms with E-state index >= 15 is 0 Å². The molecule has 23 heavy (non-hydrogen) atoms. The Morgan fingerprint density at radius 1 is 1.26 bits per heavy atom. The lowest BCUT2D eigenvalue weighted by atomic mass is 9.93.